The van der Waals surface area contributed by atoms with E-state index in [0.29, 0.717) is 5.54 Å². The van der Waals surface area contributed by atoms with Crippen molar-refractivity contribution in [2.45, 2.75) is 57.7 Å². The number of hydrogen-bond acceptors (Lipinski definition) is 3. The minimum absolute atomic E-state index is 0.267. The molecule has 1 saturated heterocycles. The zero-order valence-corrected chi connectivity index (χ0v) is 13.1. The van der Waals surface area contributed by atoms with Crippen molar-refractivity contribution in [2.24, 2.45) is 5.92 Å². The Bertz CT molecular complexity index is 435. The van der Waals surface area contributed by atoms with Gasteiger partial charge in [-0.15, -0.1) is 0 Å². The van der Waals surface area contributed by atoms with Crippen LogP contribution in [-0.2, 0) is 6.54 Å². The number of nitrogens with one attached hydrogen (secondary N) is 1. The van der Waals surface area contributed by atoms with Gasteiger partial charge in [0.05, 0.1) is 6.33 Å². The molecule has 1 atom stereocenters. The Morgan fingerprint density at radius 3 is 2.70 bits per heavy atom. The summed E-state index contributed by atoms with van der Waals surface area (Å²) in [6, 6.07) is 0. The third-order valence-corrected chi connectivity index (χ3v) is 5.18. The number of rotatable bonds is 5. The highest BCUT2D eigenvalue weighted by atomic mass is 15.3. The van der Waals surface area contributed by atoms with Gasteiger partial charge in [0.1, 0.15) is 0 Å². The van der Waals surface area contributed by atoms with Crippen molar-refractivity contribution in [3.8, 4) is 0 Å². The molecule has 112 valence electrons. The first-order valence-corrected chi connectivity index (χ1v) is 7.95. The third kappa shape index (κ3) is 2.91. The summed E-state index contributed by atoms with van der Waals surface area (Å²) in [6.45, 7) is 11.7. The highest BCUT2D eigenvalue weighted by molar-refractivity contribution is 5.06. The molecule has 2 heterocycles. The molecule has 0 radical (unpaired) electrons. The largest absolute Gasteiger partial charge is 0.337 e. The molecule has 2 fully saturated rings. The zero-order valence-electron chi connectivity index (χ0n) is 13.1. The first kappa shape index (κ1) is 14.1. The maximum Gasteiger partial charge on any atom is 0.0945 e. The van der Waals surface area contributed by atoms with Crippen molar-refractivity contribution in [3.63, 3.8) is 0 Å². The minimum atomic E-state index is 0.267. The van der Waals surface area contributed by atoms with Crippen LogP contribution in [0, 0.1) is 5.92 Å². The molecule has 0 bridgehead atoms. The summed E-state index contributed by atoms with van der Waals surface area (Å²) in [5.74, 6) is 0.898. The van der Waals surface area contributed by atoms with Crippen LogP contribution in [0.3, 0.4) is 0 Å². The Morgan fingerprint density at radius 1 is 1.25 bits per heavy atom. The fourth-order valence-electron chi connectivity index (χ4n) is 3.44. The second-order valence-corrected chi connectivity index (χ2v) is 7.43. The Kier molecular flexibility index (Phi) is 3.63. The Hall–Kier alpha value is -0.870. The molecule has 0 spiro atoms. The maximum absolute atomic E-state index is 4.11. The molecule has 1 aromatic rings. The highest BCUT2D eigenvalue weighted by Crippen LogP contribution is 2.42. The molecule has 4 nitrogen and oxygen atoms in total. The molecule has 1 unspecified atom stereocenters. The van der Waals surface area contributed by atoms with E-state index in [1.807, 2.05) is 12.5 Å². The Morgan fingerprint density at radius 2 is 2.05 bits per heavy atom. The second kappa shape index (κ2) is 5.15. The standard InChI is InChI=1S/C16H28N4/c1-15(2)11-18-16(3,14-5-6-14)12-20(15)9-4-8-19-10-7-17-13-19/h7,10,13-14,18H,4-6,8-9,11-12H2,1-3H3. The van der Waals surface area contributed by atoms with Gasteiger partial charge in [0.25, 0.3) is 0 Å². The molecular formula is C16H28N4. The van der Waals surface area contributed by atoms with Crippen LogP contribution in [0.4, 0.5) is 0 Å². The predicted octanol–water partition coefficient (Wildman–Crippen LogP) is 2.13. The first-order chi connectivity index (χ1) is 9.50. The summed E-state index contributed by atoms with van der Waals surface area (Å²) in [5, 5.41) is 3.82. The van der Waals surface area contributed by atoms with Crippen LogP contribution in [0.15, 0.2) is 18.7 Å². The zero-order chi connectivity index (χ0) is 14.2. The van der Waals surface area contributed by atoms with Gasteiger partial charge in [-0.05, 0) is 46.0 Å². The molecule has 1 aliphatic heterocycles. The van der Waals surface area contributed by atoms with Gasteiger partial charge in [-0.3, -0.25) is 4.90 Å². The molecule has 4 heteroatoms. The minimum Gasteiger partial charge on any atom is -0.337 e. The van der Waals surface area contributed by atoms with E-state index in [4.69, 9.17) is 0 Å². The maximum atomic E-state index is 4.11. The van der Waals surface area contributed by atoms with Gasteiger partial charge in [-0.25, -0.2) is 4.98 Å². The van der Waals surface area contributed by atoms with Gasteiger partial charge in [0.2, 0.25) is 0 Å². The van der Waals surface area contributed by atoms with Crippen LogP contribution < -0.4 is 5.32 Å². The van der Waals surface area contributed by atoms with Gasteiger partial charge in [-0.1, -0.05) is 0 Å². The van der Waals surface area contributed by atoms with Crippen LogP contribution in [0.25, 0.3) is 0 Å². The van der Waals surface area contributed by atoms with Crippen LogP contribution in [0.5, 0.6) is 0 Å². The van der Waals surface area contributed by atoms with Crippen LogP contribution >= 0.6 is 0 Å². The number of aryl methyl sites for hydroxylation is 1. The van der Waals surface area contributed by atoms with E-state index >= 15 is 0 Å². The number of aromatic nitrogens is 2. The fourth-order valence-corrected chi connectivity index (χ4v) is 3.44. The molecular weight excluding hydrogens is 248 g/mol. The first-order valence-electron chi connectivity index (χ1n) is 7.95. The van der Waals surface area contributed by atoms with Gasteiger partial charge >= 0.3 is 0 Å². The van der Waals surface area contributed by atoms with E-state index in [0.717, 1.165) is 19.0 Å². The molecule has 1 saturated carbocycles. The van der Waals surface area contributed by atoms with Crippen LogP contribution in [0.1, 0.15) is 40.0 Å². The smallest absolute Gasteiger partial charge is 0.0945 e. The van der Waals surface area contributed by atoms with Crippen LogP contribution in [0.2, 0.25) is 0 Å². The summed E-state index contributed by atoms with van der Waals surface area (Å²) in [5.41, 5.74) is 0.605. The molecule has 1 aliphatic carbocycles. The van der Waals surface area contributed by atoms with Crippen molar-refractivity contribution < 1.29 is 0 Å². The van der Waals surface area contributed by atoms with E-state index in [-0.39, 0.29) is 5.54 Å². The van der Waals surface area contributed by atoms with Crippen LogP contribution in [-0.4, -0.2) is 45.2 Å². The molecule has 0 aromatic carbocycles. The second-order valence-electron chi connectivity index (χ2n) is 7.43. The van der Waals surface area contributed by atoms with E-state index in [2.05, 4.69) is 46.7 Å². The average molecular weight is 276 g/mol. The van der Waals surface area contributed by atoms with E-state index in [9.17, 15) is 0 Å². The van der Waals surface area contributed by atoms with E-state index in [1.54, 1.807) is 0 Å². The molecule has 2 aliphatic rings. The van der Waals surface area contributed by atoms with Crippen molar-refractivity contribution in [1.82, 2.24) is 19.8 Å². The van der Waals surface area contributed by atoms with Gasteiger partial charge in [0, 0.05) is 49.7 Å². The number of nitrogens with zero attached hydrogens (tertiary/aromatic N) is 3. The van der Waals surface area contributed by atoms with Crippen molar-refractivity contribution in [3.05, 3.63) is 18.7 Å². The summed E-state index contributed by atoms with van der Waals surface area (Å²) >= 11 is 0. The summed E-state index contributed by atoms with van der Waals surface area (Å²) < 4.78 is 2.18. The predicted molar refractivity (Wildman–Crippen MR) is 81.6 cm³/mol. The summed E-state index contributed by atoms with van der Waals surface area (Å²) in [6.07, 6.45) is 9.84. The average Bonchev–Trinajstić information content (AvgIpc) is 3.14. The SMILES string of the molecule is CC1(C2CC2)CN(CCCn2ccnc2)C(C)(C)CN1. The van der Waals surface area contributed by atoms with Gasteiger partial charge < -0.3 is 9.88 Å². The van der Waals surface area contributed by atoms with E-state index < -0.39 is 0 Å². The lowest BCUT2D eigenvalue weighted by molar-refractivity contribution is 0.0227. The lowest BCUT2D eigenvalue weighted by Crippen LogP contribution is -2.68. The monoisotopic (exact) mass is 276 g/mol. The molecule has 20 heavy (non-hydrogen) atoms. The van der Waals surface area contributed by atoms with Gasteiger partial charge in [-0.2, -0.15) is 0 Å². The van der Waals surface area contributed by atoms with E-state index in [1.165, 1.54) is 32.4 Å². The lowest BCUT2D eigenvalue weighted by atomic mass is 9.86. The number of hydrogen-bond donors (Lipinski definition) is 1. The highest BCUT2D eigenvalue weighted by Gasteiger charge is 2.47. The third-order valence-electron chi connectivity index (χ3n) is 5.18. The molecule has 0 amide bonds. The molecule has 1 aromatic heterocycles. The Labute approximate surface area is 122 Å². The normalized spacial score (nSPS) is 30.6. The van der Waals surface area contributed by atoms with Crippen molar-refractivity contribution in [2.75, 3.05) is 19.6 Å². The Balaban J connectivity index is 1.57. The number of piperazine rings is 1. The number of imidazole rings is 1. The summed E-state index contributed by atoms with van der Waals surface area (Å²) in [4.78, 5) is 6.80. The van der Waals surface area contributed by atoms with Crippen molar-refractivity contribution >= 4 is 0 Å². The molecule has 3 rings (SSSR count). The summed E-state index contributed by atoms with van der Waals surface area (Å²) in [7, 11) is 0. The fraction of sp³-hybridized carbons (Fsp3) is 0.812. The van der Waals surface area contributed by atoms with Crippen molar-refractivity contribution in [1.29, 1.82) is 0 Å². The van der Waals surface area contributed by atoms with Gasteiger partial charge in [0.15, 0.2) is 0 Å². The lowest BCUT2D eigenvalue weighted by Gasteiger charge is -2.51. The molecule has 1 N–H and O–H groups in total. The quantitative estimate of drug-likeness (QED) is 0.894. The topological polar surface area (TPSA) is 33.1 Å².